The molecule has 2 aromatic carbocycles. The summed E-state index contributed by atoms with van der Waals surface area (Å²) in [5.74, 6) is 0. The average molecular weight is 338 g/mol. The fourth-order valence-corrected chi connectivity index (χ4v) is 2.96. The Kier molecular flexibility index (Phi) is 5.28. The zero-order valence-electron chi connectivity index (χ0n) is 14.1. The van der Waals surface area contributed by atoms with Crippen LogP contribution in [0.15, 0.2) is 59.4 Å². The molecule has 0 aliphatic carbocycles. The van der Waals surface area contributed by atoms with Crippen molar-refractivity contribution in [2.75, 3.05) is 6.61 Å². The molecule has 3 rings (SSSR count). The molecule has 0 aliphatic heterocycles. The van der Waals surface area contributed by atoms with E-state index in [0.29, 0.717) is 5.56 Å². The molecule has 0 saturated carbocycles. The van der Waals surface area contributed by atoms with Crippen molar-refractivity contribution < 1.29 is 10.2 Å². The highest BCUT2D eigenvalue weighted by Crippen LogP contribution is 2.18. The van der Waals surface area contributed by atoms with Gasteiger partial charge >= 0.3 is 0 Å². The Morgan fingerprint density at radius 1 is 1.12 bits per heavy atom. The minimum Gasteiger partial charge on any atom is -0.395 e. The summed E-state index contributed by atoms with van der Waals surface area (Å²) in [6, 6.07) is 16.3. The molecule has 4 N–H and O–H groups in total. The van der Waals surface area contributed by atoms with E-state index in [2.05, 4.69) is 10.3 Å². The Morgan fingerprint density at radius 3 is 2.60 bits per heavy atom. The molecule has 5 nitrogen and oxygen atoms in total. The lowest BCUT2D eigenvalue weighted by Gasteiger charge is -2.22. The first kappa shape index (κ1) is 17.4. The molecule has 3 aromatic rings. The third-order valence-electron chi connectivity index (χ3n) is 4.44. The maximum Gasteiger partial charge on any atom is 0.252 e. The van der Waals surface area contributed by atoms with Crippen LogP contribution in [0.25, 0.3) is 10.9 Å². The predicted molar refractivity (Wildman–Crippen MR) is 98.4 cm³/mol. The number of hydrogen-bond acceptors (Lipinski definition) is 4. The smallest absolute Gasteiger partial charge is 0.252 e. The molecular weight excluding hydrogens is 316 g/mol. The third-order valence-corrected chi connectivity index (χ3v) is 4.44. The van der Waals surface area contributed by atoms with Crippen molar-refractivity contribution >= 4 is 10.9 Å². The average Bonchev–Trinajstić information content (AvgIpc) is 2.64. The van der Waals surface area contributed by atoms with E-state index in [1.807, 2.05) is 49.4 Å². The summed E-state index contributed by atoms with van der Waals surface area (Å²) in [5.41, 5.74) is 2.97. The second-order valence-corrected chi connectivity index (χ2v) is 6.19. The fourth-order valence-electron chi connectivity index (χ4n) is 2.96. The van der Waals surface area contributed by atoms with E-state index < -0.39 is 12.1 Å². The zero-order valence-corrected chi connectivity index (χ0v) is 14.1. The second kappa shape index (κ2) is 7.61. The van der Waals surface area contributed by atoms with E-state index in [-0.39, 0.29) is 18.7 Å². The normalized spacial score (nSPS) is 13.7. The van der Waals surface area contributed by atoms with Gasteiger partial charge in [0.05, 0.1) is 24.3 Å². The van der Waals surface area contributed by atoms with Crippen molar-refractivity contribution in [3.63, 3.8) is 0 Å². The first-order valence-corrected chi connectivity index (χ1v) is 8.29. The van der Waals surface area contributed by atoms with Crippen LogP contribution < -0.4 is 10.9 Å². The van der Waals surface area contributed by atoms with Gasteiger partial charge in [-0.3, -0.25) is 4.79 Å². The minimum absolute atomic E-state index is 0.166. The Morgan fingerprint density at radius 2 is 1.88 bits per heavy atom. The van der Waals surface area contributed by atoms with E-state index in [4.69, 9.17) is 0 Å². The molecule has 0 aliphatic rings. The van der Waals surface area contributed by atoms with Gasteiger partial charge < -0.3 is 20.5 Å². The summed E-state index contributed by atoms with van der Waals surface area (Å²) in [6.07, 6.45) is -0.854. The first-order valence-electron chi connectivity index (χ1n) is 8.29. The van der Waals surface area contributed by atoms with E-state index >= 15 is 0 Å². The molecule has 5 heteroatoms. The van der Waals surface area contributed by atoms with Crippen LogP contribution in [0.5, 0.6) is 0 Å². The van der Waals surface area contributed by atoms with Crippen molar-refractivity contribution in [3.05, 3.63) is 81.6 Å². The summed E-state index contributed by atoms with van der Waals surface area (Å²) in [7, 11) is 0. The highest BCUT2D eigenvalue weighted by molar-refractivity contribution is 5.81. The largest absolute Gasteiger partial charge is 0.395 e. The summed E-state index contributed by atoms with van der Waals surface area (Å²) in [6.45, 7) is 1.98. The number of aliphatic hydroxyl groups excluding tert-OH is 2. The van der Waals surface area contributed by atoms with Gasteiger partial charge in [-0.25, -0.2) is 0 Å². The number of fused-ring (bicyclic) bond motifs is 1. The summed E-state index contributed by atoms with van der Waals surface area (Å²) >= 11 is 0. The molecule has 0 fully saturated rings. The number of aromatic amines is 1. The molecule has 0 saturated heterocycles. The molecule has 0 amide bonds. The van der Waals surface area contributed by atoms with Crippen LogP contribution in [-0.2, 0) is 6.54 Å². The topological polar surface area (TPSA) is 85.3 Å². The van der Waals surface area contributed by atoms with Crippen molar-refractivity contribution in [1.82, 2.24) is 10.3 Å². The number of para-hydroxylation sites is 1. The quantitative estimate of drug-likeness (QED) is 0.554. The van der Waals surface area contributed by atoms with Gasteiger partial charge in [0.15, 0.2) is 0 Å². The molecule has 130 valence electrons. The number of pyridine rings is 1. The van der Waals surface area contributed by atoms with Gasteiger partial charge in [0.2, 0.25) is 0 Å². The highest BCUT2D eigenvalue weighted by atomic mass is 16.3. The van der Waals surface area contributed by atoms with E-state index in [1.165, 1.54) is 0 Å². The van der Waals surface area contributed by atoms with E-state index in [0.717, 1.165) is 22.0 Å². The molecule has 0 spiro atoms. The van der Waals surface area contributed by atoms with Gasteiger partial charge in [0.25, 0.3) is 5.56 Å². The molecule has 1 aromatic heterocycles. The number of aromatic nitrogens is 1. The van der Waals surface area contributed by atoms with E-state index in [9.17, 15) is 15.0 Å². The summed E-state index contributed by atoms with van der Waals surface area (Å²) in [4.78, 5) is 15.2. The van der Waals surface area contributed by atoms with Crippen molar-refractivity contribution in [2.45, 2.75) is 25.6 Å². The molecule has 2 atom stereocenters. The summed E-state index contributed by atoms with van der Waals surface area (Å²) < 4.78 is 0. The van der Waals surface area contributed by atoms with Crippen molar-refractivity contribution in [1.29, 1.82) is 0 Å². The van der Waals surface area contributed by atoms with Gasteiger partial charge in [-0.15, -0.1) is 0 Å². The lowest BCUT2D eigenvalue weighted by Crippen LogP contribution is -2.38. The van der Waals surface area contributed by atoms with Gasteiger partial charge in [-0.05, 0) is 29.5 Å². The number of H-pyrrole nitrogens is 1. The van der Waals surface area contributed by atoms with Gasteiger partial charge in [0, 0.05) is 12.1 Å². The number of aryl methyl sites for hydroxylation is 1. The third kappa shape index (κ3) is 3.79. The monoisotopic (exact) mass is 338 g/mol. The van der Waals surface area contributed by atoms with Gasteiger partial charge in [-0.1, -0.05) is 48.5 Å². The maximum absolute atomic E-state index is 12.3. The van der Waals surface area contributed by atoms with Crippen molar-refractivity contribution in [2.24, 2.45) is 0 Å². The summed E-state index contributed by atoms with van der Waals surface area (Å²) in [5, 5.41) is 24.1. The Hall–Kier alpha value is -2.47. The zero-order chi connectivity index (χ0) is 17.8. The predicted octanol–water partition coefficient (Wildman–Crippen LogP) is 2.02. The standard InChI is InChI=1S/C20H22N2O3/c1-13-6-5-9-15-10-16(20(25)22-18(13)15)11-21-17(12-23)19(24)14-7-3-2-4-8-14/h2-10,17,19,21,23-24H,11-12H2,1H3,(H,22,25)/t17-,19-/m0/s1. The maximum atomic E-state index is 12.3. The Balaban J connectivity index is 1.79. The van der Waals surface area contributed by atoms with Gasteiger partial charge in [0.1, 0.15) is 0 Å². The molecule has 0 unspecified atom stereocenters. The van der Waals surface area contributed by atoms with Crippen LogP contribution in [0.4, 0.5) is 0 Å². The molecule has 25 heavy (non-hydrogen) atoms. The molecular formula is C20H22N2O3. The first-order chi connectivity index (χ1) is 12.1. The van der Waals surface area contributed by atoms with Crippen LogP contribution in [0.1, 0.15) is 22.8 Å². The number of hydrogen-bond donors (Lipinski definition) is 4. The number of rotatable bonds is 6. The highest BCUT2D eigenvalue weighted by Gasteiger charge is 2.20. The Labute approximate surface area is 146 Å². The fraction of sp³-hybridized carbons (Fsp3) is 0.250. The van der Waals surface area contributed by atoms with Crippen LogP contribution in [0, 0.1) is 6.92 Å². The molecule has 0 radical (unpaired) electrons. The van der Waals surface area contributed by atoms with E-state index in [1.54, 1.807) is 12.1 Å². The van der Waals surface area contributed by atoms with Crippen LogP contribution >= 0.6 is 0 Å². The number of benzene rings is 2. The lowest BCUT2D eigenvalue weighted by atomic mass is 10.0. The minimum atomic E-state index is -0.854. The van der Waals surface area contributed by atoms with Crippen LogP contribution in [0.3, 0.4) is 0 Å². The van der Waals surface area contributed by atoms with Gasteiger partial charge in [-0.2, -0.15) is 0 Å². The van der Waals surface area contributed by atoms with Crippen LogP contribution in [0.2, 0.25) is 0 Å². The number of aliphatic hydroxyl groups is 2. The van der Waals surface area contributed by atoms with Crippen molar-refractivity contribution in [3.8, 4) is 0 Å². The Bertz CT molecular complexity index is 906. The number of nitrogens with one attached hydrogen (secondary N) is 2. The lowest BCUT2D eigenvalue weighted by molar-refractivity contribution is 0.0891. The van der Waals surface area contributed by atoms with Crippen LogP contribution in [-0.4, -0.2) is 27.8 Å². The molecule has 1 heterocycles. The SMILES string of the molecule is Cc1cccc2cc(CN[C@@H](CO)[C@@H](O)c3ccccc3)c(=O)[nH]c12. The second-order valence-electron chi connectivity index (χ2n) is 6.19. The molecule has 0 bridgehead atoms.